The van der Waals surface area contributed by atoms with Crippen LogP contribution in [0.25, 0.3) is 0 Å². The molecular weight excluding hydrogens is 478 g/mol. The van der Waals surface area contributed by atoms with E-state index in [1.807, 2.05) is 12.1 Å². The normalized spacial score (nSPS) is 26.1. The van der Waals surface area contributed by atoms with Gasteiger partial charge in [0.15, 0.2) is 9.84 Å². The Kier molecular flexibility index (Phi) is 6.93. The summed E-state index contributed by atoms with van der Waals surface area (Å²) in [5, 5.41) is 5.17. The van der Waals surface area contributed by atoms with Crippen molar-refractivity contribution in [3.05, 3.63) is 71.6 Å². The highest BCUT2D eigenvalue weighted by Gasteiger charge is 2.50. The third-order valence-electron chi connectivity index (χ3n) is 9.73. The molecule has 0 aromatic heterocycles. The van der Waals surface area contributed by atoms with Crippen LogP contribution in [0.5, 0.6) is 0 Å². The number of nitrogens with zero attached hydrogens (tertiary/aromatic N) is 2. The third-order valence-corrected chi connectivity index (χ3v) is 11.1. The van der Waals surface area contributed by atoms with E-state index in [0.717, 1.165) is 49.0 Å². The first-order valence-corrected chi connectivity index (χ1v) is 15.8. The molecule has 2 aromatic rings. The highest BCUT2D eigenvalue weighted by Crippen LogP contribution is 2.50. The first-order valence-electron chi connectivity index (χ1n) is 14.3. The fourth-order valence-electron chi connectivity index (χ4n) is 7.86. The molecule has 3 heterocycles. The van der Waals surface area contributed by atoms with Crippen molar-refractivity contribution in [1.29, 1.82) is 0 Å². The number of nitrogens with one attached hydrogen (secondary N) is 1. The van der Waals surface area contributed by atoms with Crippen LogP contribution in [-0.2, 0) is 21.8 Å². The maximum Gasteiger partial charge on any atom is 0.199 e. The molecule has 2 aromatic carbocycles. The van der Waals surface area contributed by atoms with Gasteiger partial charge in [-0.05, 0) is 92.4 Å². The van der Waals surface area contributed by atoms with Crippen LogP contribution in [-0.4, -0.2) is 52.6 Å². The summed E-state index contributed by atoms with van der Waals surface area (Å²) in [5.74, 6) is 2.18. The van der Waals surface area contributed by atoms with Crippen LogP contribution in [0.3, 0.4) is 0 Å². The van der Waals surface area contributed by atoms with Crippen LogP contribution in [0.15, 0.2) is 65.4 Å². The van der Waals surface area contributed by atoms with Crippen molar-refractivity contribution in [3.8, 4) is 0 Å². The molecule has 1 atom stereocenters. The molecule has 6 rings (SSSR count). The fraction of sp³-hybridized carbons (Fsp3) is 0.548. The summed E-state index contributed by atoms with van der Waals surface area (Å²) >= 11 is 0. The van der Waals surface area contributed by atoms with Gasteiger partial charge in [0.2, 0.25) is 0 Å². The van der Waals surface area contributed by atoms with Gasteiger partial charge >= 0.3 is 0 Å². The topological polar surface area (TPSA) is 52.7 Å². The largest absolute Gasteiger partial charge is 0.371 e. The second-order valence-corrected chi connectivity index (χ2v) is 13.6. The molecule has 3 fully saturated rings. The average molecular weight is 520 g/mol. The Hall–Kier alpha value is -2.15. The van der Waals surface area contributed by atoms with Gasteiger partial charge in [-0.25, -0.2) is 8.42 Å². The van der Waals surface area contributed by atoms with Gasteiger partial charge in [0.25, 0.3) is 0 Å². The van der Waals surface area contributed by atoms with Crippen molar-refractivity contribution in [2.45, 2.75) is 55.4 Å². The van der Waals surface area contributed by atoms with Gasteiger partial charge < -0.3 is 15.1 Å². The molecule has 1 saturated carbocycles. The molecule has 0 radical (unpaired) electrons. The molecule has 0 bridgehead atoms. The van der Waals surface area contributed by atoms with E-state index in [1.54, 1.807) is 23.3 Å². The van der Waals surface area contributed by atoms with Gasteiger partial charge in [-0.3, -0.25) is 0 Å². The van der Waals surface area contributed by atoms with Gasteiger partial charge in [0, 0.05) is 48.7 Å². The Morgan fingerprint density at radius 2 is 1.62 bits per heavy atom. The minimum Gasteiger partial charge on any atom is -0.371 e. The summed E-state index contributed by atoms with van der Waals surface area (Å²) in [7, 11) is -3.36. The molecule has 1 N–H and O–H groups in total. The molecule has 4 aliphatic rings. The summed E-state index contributed by atoms with van der Waals surface area (Å²) in [6.07, 6.45) is 9.26. The minimum absolute atomic E-state index is 0.177. The monoisotopic (exact) mass is 519 g/mol. The lowest BCUT2D eigenvalue weighted by Gasteiger charge is -2.53. The van der Waals surface area contributed by atoms with E-state index in [1.165, 1.54) is 58.2 Å². The lowest BCUT2D eigenvalue weighted by molar-refractivity contribution is 0.0492. The standard InChI is InChI=1S/C31H41N3O2S/c1-2-37(35,36)29-13-11-28(12-14-29)34-22-24(23-34)21-33-19-16-27(17-20-33)31(26-8-4-5-9-26)30-10-6-3-7-25(30)15-18-32-31/h2-3,6-7,10-14,24,26-27,32H,1,4-5,8-9,15-23H2. The summed E-state index contributed by atoms with van der Waals surface area (Å²) in [6, 6.07) is 16.6. The van der Waals surface area contributed by atoms with Gasteiger partial charge in [-0.15, -0.1) is 0 Å². The quantitative estimate of drug-likeness (QED) is 0.559. The minimum atomic E-state index is -3.36. The first-order chi connectivity index (χ1) is 18.0. The molecule has 198 valence electrons. The number of piperidine rings is 1. The molecule has 1 aliphatic carbocycles. The second kappa shape index (κ2) is 10.2. The maximum atomic E-state index is 12.0. The Balaban J connectivity index is 1.06. The van der Waals surface area contributed by atoms with E-state index < -0.39 is 9.84 Å². The van der Waals surface area contributed by atoms with Crippen LogP contribution in [0, 0.1) is 17.8 Å². The number of likely N-dealkylation sites (tertiary alicyclic amines) is 1. The SMILES string of the molecule is C=CS(=O)(=O)c1ccc(N2CC(CN3CCC(C4(C5CCCC5)NCCc5ccccc54)CC3)C2)cc1. The zero-order valence-electron chi connectivity index (χ0n) is 21.9. The smallest absolute Gasteiger partial charge is 0.199 e. The number of anilines is 1. The van der Waals surface area contributed by atoms with E-state index in [-0.39, 0.29) is 5.54 Å². The van der Waals surface area contributed by atoms with Crippen molar-refractivity contribution in [3.63, 3.8) is 0 Å². The van der Waals surface area contributed by atoms with E-state index in [0.29, 0.717) is 10.8 Å². The van der Waals surface area contributed by atoms with Gasteiger partial charge in [-0.2, -0.15) is 0 Å². The third kappa shape index (κ3) is 4.66. The van der Waals surface area contributed by atoms with E-state index >= 15 is 0 Å². The zero-order valence-corrected chi connectivity index (χ0v) is 22.8. The molecule has 6 heteroatoms. The van der Waals surface area contributed by atoms with Crippen LogP contribution < -0.4 is 10.2 Å². The average Bonchev–Trinajstić information content (AvgIpc) is 3.46. The van der Waals surface area contributed by atoms with Crippen LogP contribution >= 0.6 is 0 Å². The Morgan fingerprint density at radius 3 is 2.32 bits per heavy atom. The number of sulfone groups is 1. The number of fused-ring (bicyclic) bond motifs is 1. The highest BCUT2D eigenvalue weighted by molar-refractivity contribution is 7.94. The summed E-state index contributed by atoms with van der Waals surface area (Å²) in [5.41, 5.74) is 4.49. The number of rotatable bonds is 7. The Morgan fingerprint density at radius 1 is 0.946 bits per heavy atom. The summed E-state index contributed by atoms with van der Waals surface area (Å²) < 4.78 is 24.0. The maximum absolute atomic E-state index is 12.0. The van der Waals surface area contributed by atoms with Gasteiger partial charge in [-0.1, -0.05) is 43.7 Å². The predicted octanol–water partition coefficient (Wildman–Crippen LogP) is 4.98. The predicted molar refractivity (Wildman–Crippen MR) is 150 cm³/mol. The van der Waals surface area contributed by atoms with Crippen molar-refractivity contribution in [2.24, 2.45) is 17.8 Å². The molecule has 1 unspecified atom stereocenters. The molecular formula is C31H41N3O2S. The number of hydrogen-bond acceptors (Lipinski definition) is 5. The zero-order chi connectivity index (χ0) is 25.5. The van der Waals surface area contributed by atoms with Gasteiger partial charge in [0.1, 0.15) is 0 Å². The molecule has 2 saturated heterocycles. The van der Waals surface area contributed by atoms with Crippen LogP contribution in [0.4, 0.5) is 5.69 Å². The molecule has 37 heavy (non-hydrogen) atoms. The van der Waals surface area contributed by atoms with E-state index in [9.17, 15) is 8.42 Å². The van der Waals surface area contributed by atoms with Crippen molar-refractivity contribution >= 4 is 15.5 Å². The Bertz CT molecular complexity index is 1210. The number of hydrogen-bond donors (Lipinski definition) is 1. The summed E-state index contributed by atoms with van der Waals surface area (Å²) in [6.45, 7) is 10.2. The molecule has 3 aliphatic heterocycles. The summed E-state index contributed by atoms with van der Waals surface area (Å²) in [4.78, 5) is 5.38. The van der Waals surface area contributed by atoms with Crippen molar-refractivity contribution in [2.75, 3.05) is 44.2 Å². The van der Waals surface area contributed by atoms with E-state index in [4.69, 9.17) is 0 Å². The lowest BCUT2D eigenvalue weighted by atomic mass is 9.63. The number of benzene rings is 2. The second-order valence-electron chi connectivity index (χ2n) is 11.7. The van der Waals surface area contributed by atoms with Crippen LogP contribution in [0.2, 0.25) is 0 Å². The molecule has 5 nitrogen and oxygen atoms in total. The van der Waals surface area contributed by atoms with E-state index in [2.05, 4.69) is 46.0 Å². The van der Waals surface area contributed by atoms with Crippen LogP contribution in [0.1, 0.15) is 49.7 Å². The van der Waals surface area contributed by atoms with Crippen molar-refractivity contribution < 1.29 is 8.42 Å². The van der Waals surface area contributed by atoms with Crippen molar-refractivity contribution in [1.82, 2.24) is 10.2 Å². The lowest BCUT2D eigenvalue weighted by Crippen LogP contribution is -2.59. The highest BCUT2D eigenvalue weighted by atomic mass is 32.2. The fourth-order valence-corrected chi connectivity index (χ4v) is 8.57. The first kappa shape index (κ1) is 25.1. The van der Waals surface area contributed by atoms with Gasteiger partial charge in [0.05, 0.1) is 4.90 Å². The molecule has 0 spiro atoms. The molecule has 0 amide bonds. The Labute approximate surface area is 222 Å².